The van der Waals surface area contributed by atoms with Crippen LogP contribution in [-0.2, 0) is 4.74 Å². The van der Waals surface area contributed by atoms with Crippen LogP contribution in [0.2, 0.25) is 0 Å². The van der Waals surface area contributed by atoms with Crippen LogP contribution in [0.5, 0.6) is 0 Å². The number of carbonyl (C=O) groups is 1. The van der Waals surface area contributed by atoms with Crippen molar-refractivity contribution in [3.05, 3.63) is 18.0 Å². The van der Waals surface area contributed by atoms with E-state index in [1.54, 1.807) is 0 Å². The van der Waals surface area contributed by atoms with Crippen LogP contribution in [0.4, 0.5) is 4.79 Å². The Labute approximate surface area is 88.0 Å². The first-order valence-electron chi connectivity index (χ1n) is 5.21. The lowest BCUT2D eigenvalue weighted by atomic mass is 9.85. The first kappa shape index (κ1) is 10.0. The van der Waals surface area contributed by atoms with Crippen LogP contribution in [-0.4, -0.2) is 22.4 Å². The fourth-order valence-electron chi connectivity index (χ4n) is 2.14. The summed E-state index contributed by atoms with van der Waals surface area (Å²) in [5, 5.41) is 6.98. The molecular weight excluding hydrogens is 194 g/mol. The SMILES string of the molecule is NC(=O)OC1CCC(c2cc[nH]n2)CC1. The molecule has 1 fully saturated rings. The van der Waals surface area contributed by atoms with Crippen molar-refractivity contribution in [2.24, 2.45) is 5.73 Å². The molecule has 0 bridgehead atoms. The molecule has 0 aliphatic heterocycles. The fourth-order valence-corrected chi connectivity index (χ4v) is 2.14. The number of nitrogens with zero attached hydrogens (tertiary/aromatic N) is 1. The summed E-state index contributed by atoms with van der Waals surface area (Å²) in [6.07, 6.45) is 4.92. The van der Waals surface area contributed by atoms with Crippen LogP contribution in [0, 0.1) is 0 Å². The van der Waals surface area contributed by atoms with Crippen LogP contribution >= 0.6 is 0 Å². The minimum Gasteiger partial charge on any atom is -0.446 e. The van der Waals surface area contributed by atoms with E-state index in [9.17, 15) is 4.79 Å². The highest BCUT2D eigenvalue weighted by Gasteiger charge is 2.25. The Kier molecular flexibility index (Phi) is 2.89. The van der Waals surface area contributed by atoms with Crippen molar-refractivity contribution in [3.8, 4) is 0 Å². The Morgan fingerprint density at radius 2 is 2.20 bits per heavy atom. The number of hydrogen-bond acceptors (Lipinski definition) is 3. The summed E-state index contributed by atoms with van der Waals surface area (Å²) in [5.41, 5.74) is 6.08. The van der Waals surface area contributed by atoms with Crippen molar-refractivity contribution in [1.82, 2.24) is 10.2 Å². The third-order valence-electron chi connectivity index (χ3n) is 2.90. The molecule has 1 aliphatic rings. The molecule has 15 heavy (non-hydrogen) atoms. The minimum absolute atomic E-state index is 0.00214. The normalized spacial score (nSPS) is 26.1. The lowest BCUT2D eigenvalue weighted by molar-refractivity contribution is 0.0784. The van der Waals surface area contributed by atoms with Gasteiger partial charge in [-0.25, -0.2) is 4.79 Å². The van der Waals surface area contributed by atoms with E-state index < -0.39 is 6.09 Å². The first-order valence-corrected chi connectivity index (χ1v) is 5.21. The van der Waals surface area contributed by atoms with Gasteiger partial charge in [-0.15, -0.1) is 0 Å². The zero-order valence-corrected chi connectivity index (χ0v) is 8.48. The van der Waals surface area contributed by atoms with Gasteiger partial charge in [-0.3, -0.25) is 5.10 Å². The summed E-state index contributed by atoms with van der Waals surface area (Å²) in [7, 11) is 0. The van der Waals surface area contributed by atoms with E-state index in [0.717, 1.165) is 31.4 Å². The second-order valence-electron chi connectivity index (χ2n) is 3.91. The monoisotopic (exact) mass is 209 g/mol. The number of aromatic nitrogens is 2. The predicted molar refractivity (Wildman–Crippen MR) is 54.3 cm³/mol. The van der Waals surface area contributed by atoms with Gasteiger partial charge in [0, 0.05) is 12.1 Å². The maximum absolute atomic E-state index is 10.6. The van der Waals surface area contributed by atoms with Crippen LogP contribution in [0.15, 0.2) is 12.3 Å². The summed E-state index contributed by atoms with van der Waals surface area (Å²) >= 11 is 0. The molecular formula is C10H15N3O2. The van der Waals surface area contributed by atoms with Crippen molar-refractivity contribution >= 4 is 6.09 Å². The number of aromatic amines is 1. The average Bonchev–Trinajstić information content (AvgIpc) is 2.71. The molecule has 82 valence electrons. The van der Waals surface area contributed by atoms with Gasteiger partial charge >= 0.3 is 6.09 Å². The van der Waals surface area contributed by atoms with Gasteiger partial charge in [0.1, 0.15) is 6.10 Å². The summed E-state index contributed by atoms with van der Waals surface area (Å²) in [5.74, 6) is 0.490. The fraction of sp³-hybridized carbons (Fsp3) is 0.600. The van der Waals surface area contributed by atoms with Gasteiger partial charge < -0.3 is 10.5 Å². The number of carbonyl (C=O) groups excluding carboxylic acids is 1. The zero-order valence-electron chi connectivity index (χ0n) is 8.48. The van der Waals surface area contributed by atoms with Crippen molar-refractivity contribution in [3.63, 3.8) is 0 Å². The maximum Gasteiger partial charge on any atom is 0.404 e. The summed E-state index contributed by atoms with van der Waals surface area (Å²) in [6.45, 7) is 0. The van der Waals surface area contributed by atoms with Gasteiger partial charge in [0.2, 0.25) is 0 Å². The Morgan fingerprint density at radius 3 is 2.73 bits per heavy atom. The molecule has 5 heteroatoms. The van der Waals surface area contributed by atoms with Gasteiger partial charge in [0.05, 0.1) is 5.69 Å². The topological polar surface area (TPSA) is 81.0 Å². The molecule has 1 aliphatic carbocycles. The van der Waals surface area contributed by atoms with Gasteiger partial charge in [-0.05, 0) is 31.7 Å². The lowest BCUT2D eigenvalue weighted by Gasteiger charge is -2.26. The molecule has 0 radical (unpaired) electrons. The van der Waals surface area contributed by atoms with Gasteiger partial charge in [-0.1, -0.05) is 0 Å². The van der Waals surface area contributed by atoms with Crippen molar-refractivity contribution < 1.29 is 9.53 Å². The van der Waals surface area contributed by atoms with Gasteiger partial charge in [-0.2, -0.15) is 5.10 Å². The zero-order chi connectivity index (χ0) is 10.7. The molecule has 0 unspecified atom stereocenters. The smallest absolute Gasteiger partial charge is 0.404 e. The highest BCUT2D eigenvalue weighted by molar-refractivity contribution is 5.64. The summed E-state index contributed by atoms with van der Waals surface area (Å²) in [4.78, 5) is 10.6. The molecule has 0 spiro atoms. The lowest BCUT2D eigenvalue weighted by Crippen LogP contribution is -2.26. The first-order chi connectivity index (χ1) is 7.25. The largest absolute Gasteiger partial charge is 0.446 e. The Morgan fingerprint density at radius 1 is 1.47 bits per heavy atom. The number of primary amides is 1. The third-order valence-corrected chi connectivity index (χ3v) is 2.90. The van der Waals surface area contributed by atoms with Crippen molar-refractivity contribution in [2.45, 2.75) is 37.7 Å². The number of nitrogens with two attached hydrogens (primary N) is 1. The number of ether oxygens (including phenoxy) is 1. The minimum atomic E-state index is -0.668. The van der Waals surface area contributed by atoms with Crippen LogP contribution in [0.1, 0.15) is 37.3 Å². The quantitative estimate of drug-likeness (QED) is 0.775. The molecule has 1 saturated carbocycles. The molecule has 5 nitrogen and oxygen atoms in total. The van der Waals surface area contributed by atoms with E-state index in [2.05, 4.69) is 10.2 Å². The predicted octanol–water partition coefficient (Wildman–Crippen LogP) is 1.53. The molecule has 1 heterocycles. The standard InChI is InChI=1S/C10H15N3O2/c11-10(14)15-8-3-1-7(2-4-8)9-5-6-12-13-9/h5-8H,1-4H2,(H2,11,14)(H,12,13). The third kappa shape index (κ3) is 2.49. The van der Waals surface area contributed by atoms with E-state index in [4.69, 9.17) is 10.5 Å². The molecule has 0 atom stereocenters. The molecule has 1 aromatic heterocycles. The second-order valence-corrected chi connectivity index (χ2v) is 3.91. The number of H-pyrrole nitrogens is 1. The highest BCUT2D eigenvalue weighted by atomic mass is 16.6. The van der Waals surface area contributed by atoms with E-state index in [0.29, 0.717) is 5.92 Å². The molecule has 1 aromatic rings. The second kappa shape index (κ2) is 4.33. The maximum atomic E-state index is 10.6. The number of hydrogen-bond donors (Lipinski definition) is 2. The molecule has 0 saturated heterocycles. The summed E-state index contributed by atoms with van der Waals surface area (Å²) < 4.78 is 4.97. The van der Waals surface area contributed by atoms with E-state index in [1.807, 2.05) is 12.3 Å². The Hall–Kier alpha value is -1.52. The highest BCUT2D eigenvalue weighted by Crippen LogP contribution is 2.32. The molecule has 1 amide bonds. The summed E-state index contributed by atoms with van der Waals surface area (Å²) in [6, 6.07) is 2.00. The van der Waals surface area contributed by atoms with Gasteiger partial charge in [0.25, 0.3) is 0 Å². The Balaban J connectivity index is 1.84. The number of rotatable bonds is 2. The van der Waals surface area contributed by atoms with Crippen molar-refractivity contribution in [2.75, 3.05) is 0 Å². The van der Waals surface area contributed by atoms with Crippen molar-refractivity contribution in [1.29, 1.82) is 0 Å². The van der Waals surface area contributed by atoms with Crippen LogP contribution < -0.4 is 5.73 Å². The van der Waals surface area contributed by atoms with Crippen LogP contribution in [0.3, 0.4) is 0 Å². The Bertz CT molecular complexity index is 315. The average molecular weight is 209 g/mol. The van der Waals surface area contributed by atoms with E-state index in [-0.39, 0.29) is 6.10 Å². The van der Waals surface area contributed by atoms with E-state index >= 15 is 0 Å². The number of nitrogens with one attached hydrogen (secondary N) is 1. The molecule has 3 N–H and O–H groups in total. The van der Waals surface area contributed by atoms with Gasteiger partial charge in [0.15, 0.2) is 0 Å². The van der Waals surface area contributed by atoms with Crippen LogP contribution in [0.25, 0.3) is 0 Å². The molecule has 2 rings (SSSR count). The molecule has 0 aromatic carbocycles. The van der Waals surface area contributed by atoms with E-state index in [1.165, 1.54) is 0 Å². The number of amides is 1.